The standard InChI is InChI=1S/C10H16N2O3S2/c1-3-12(4-2)8-5-6-9(11)10(7-8)17(14,16)15-13/h5-7,13H,3-4,11H2,1-2H3. The van der Waals surface area contributed by atoms with Gasteiger partial charge in [0.1, 0.15) is 0 Å². The summed E-state index contributed by atoms with van der Waals surface area (Å²) in [6.45, 7) is 5.62. The fourth-order valence-electron chi connectivity index (χ4n) is 1.57. The monoisotopic (exact) mass is 276 g/mol. The molecule has 0 amide bonds. The molecule has 1 aromatic carbocycles. The summed E-state index contributed by atoms with van der Waals surface area (Å²) in [5, 5.41) is 8.57. The van der Waals surface area contributed by atoms with E-state index >= 15 is 0 Å². The molecular weight excluding hydrogens is 260 g/mol. The van der Waals surface area contributed by atoms with Crippen LogP contribution >= 0.6 is 0 Å². The van der Waals surface area contributed by atoms with Gasteiger partial charge in [-0.3, -0.25) is 0 Å². The minimum atomic E-state index is -3.36. The van der Waals surface area contributed by atoms with Crippen molar-refractivity contribution in [1.82, 2.24) is 0 Å². The van der Waals surface area contributed by atoms with E-state index < -0.39 is 8.77 Å². The predicted molar refractivity (Wildman–Crippen MR) is 71.9 cm³/mol. The second kappa shape index (κ2) is 5.63. The number of rotatable bonds is 5. The Hall–Kier alpha value is -0.890. The van der Waals surface area contributed by atoms with Gasteiger partial charge in [-0.1, -0.05) is 0 Å². The highest BCUT2D eigenvalue weighted by Gasteiger charge is 2.16. The Balaban J connectivity index is 3.29. The van der Waals surface area contributed by atoms with Crippen LogP contribution in [0.4, 0.5) is 11.4 Å². The van der Waals surface area contributed by atoms with Crippen molar-refractivity contribution in [3.8, 4) is 0 Å². The van der Waals surface area contributed by atoms with Gasteiger partial charge in [-0.2, -0.15) is 0 Å². The van der Waals surface area contributed by atoms with Gasteiger partial charge >= 0.3 is 0 Å². The maximum absolute atomic E-state index is 11.8. The first-order valence-electron chi connectivity index (χ1n) is 5.18. The van der Waals surface area contributed by atoms with Crippen LogP contribution in [-0.4, -0.2) is 22.6 Å². The molecule has 0 bridgehead atoms. The van der Waals surface area contributed by atoms with Crippen LogP contribution in [0, 0.1) is 0 Å². The third kappa shape index (κ3) is 3.06. The molecule has 0 radical (unpaired) electrons. The van der Waals surface area contributed by atoms with Crippen molar-refractivity contribution in [3.63, 3.8) is 0 Å². The highest BCUT2D eigenvalue weighted by Crippen LogP contribution is 2.26. The Morgan fingerprint density at radius 3 is 2.53 bits per heavy atom. The predicted octanol–water partition coefficient (Wildman–Crippen LogP) is 1.62. The first-order chi connectivity index (χ1) is 7.96. The normalized spacial score (nSPS) is 14.3. The van der Waals surface area contributed by atoms with Crippen LogP contribution in [0.25, 0.3) is 0 Å². The van der Waals surface area contributed by atoms with E-state index in [9.17, 15) is 4.21 Å². The lowest BCUT2D eigenvalue weighted by atomic mass is 10.2. The molecule has 0 aliphatic heterocycles. The highest BCUT2D eigenvalue weighted by molar-refractivity contribution is 8.30. The summed E-state index contributed by atoms with van der Waals surface area (Å²) in [5.41, 5.74) is 6.77. The molecule has 0 fully saturated rings. The number of anilines is 2. The Kier molecular flexibility index (Phi) is 4.70. The van der Waals surface area contributed by atoms with Crippen LogP contribution in [0.1, 0.15) is 13.8 Å². The lowest BCUT2D eigenvalue weighted by Crippen LogP contribution is -2.22. The van der Waals surface area contributed by atoms with Crippen LogP contribution in [-0.2, 0) is 24.3 Å². The van der Waals surface area contributed by atoms with E-state index in [-0.39, 0.29) is 10.6 Å². The van der Waals surface area contributed by atoms with Gasteiger partial charge in [0.05, 0.1) is 10.6 Å². The largest absolute Gasteiger partial charge is 0.398 e. The average Bonchev–Trinajstić information content (AvgIpc) is 2.32. The molecule has 0 saturated heterocycles. The van der Waals surface area contributed by atoms with Crippen LogP contribution in [0.2, 0.25) is 0 Å². The molecule has 96 valence electrons. The second-order valence-electron chi connectivity index (χ2n) is 3.42. The summed E-state index contributed by atoms with van der Waals surface area (Å²) < 4.78 is 15.6. The van der Waals surface area contributed by atoms with E-state index in [0.717, 1.165) is 18.8 Å². The zero-order valence-corrected chi connectivity index (χ0v) is 11.4. The molecule has 0 aliphatic rings. The van der Waals surface area contributed by atoms with Gasteiger partial charge in [0.2, 0.25) is 8.77 Å². The Morgan fingerprint density at radius 1 is 1.47 bits per heavy atom. The third-order valence-corrected chi connectivity index (χ3v) is 4.30. The molecule has 0 aliphatic carbocycles. The Morgan fingerprint density at radius 2 is 2.06 bits per heavy atom. The smallest absolute Gasteiger partial charge is 0.204 e. The van der Waals surface area contributed by atoms with Crippen molar-refractivity contribution >= 4 is 31.3 Å². The zero-order valence-electron chi connectivity index (χ0n) is 9.75. The molecule has 1 rings (SSSR count). The Labute approximate surface area is 106 Å². The second-order valence-corrected chi connectivity index (χ2v) is 6.24. The topological polar surface area (TPSA) is 75.8 Å². The van der Waals surface area contributed by atoms with Crippen molar-refractivity contribution in [2.24, 2.45) is 0 Å². The lowest BCUT2D eigenvalue weighted by molar-refractivity contribution is -0.124. The van der Waals surface area contributed by atoms with Gasteiger partial charge in [-0.05, 0) is 32.0 Å². The summed E-state index contributed by atoms with van der Waals surface area (Å²) >= 11 is 4.67. The van der Waals surface area contributed by atoms with Gasteiger partial charge in [0.15, 0.2) is 0 Å². The molecule has 17 heavy (non-hydrogen) atoms. The first-order valence-corrected chi connectivity index (χ1v) is 7.59. The fourth-order valence-corrected chi connectivity index (χ4v) is 2.70. The first kappa shape index (κ1) is 14.2. The van der Waals surface area contributed by atoms with Crippen molar-refractivity contribution in [1.29, 1.82) is 0 Å². The minimum Gasteiger partial charge on any atom is -0.398 e. The van der Waals surface area contributed by atoms with E-state index in [1.54, 1.807) is 12.1 Å². The number of benzene rings is 1. The van der Waals surface area contributed by atoms with Crippen molar-refractivity contribution in [3.05, 3.63) is 18.2 Å². The molecule has 1 atom stereocenters. The average molecular weight is 276 g/mol. The number of hydrogen-bond donors (Lipinski definition) is 2. The number of nitrogen functional groups attached to an aromatic ring is 1. The van der Waals surface area contributed by atoms with E-state index in [0.29, 0.717) is 0 Å². The number of hydrogen-bond acceptors (Lipinski definition) is 6. The van der Waals surface area contributed by atoms with E-state index in [2.05, 4.69) is 15.5 Å². The van der Waals surface area contributed by atoms with Crippen LogP contribution in [0.15, 0.2) is 23.1 Å². The van der Waals surface area contributed by atoms with Crippen LogP contribution in [0.3, 0.4) is 0 Å². The van der Waals surface area contributed by atoms with Crippen LogP contribution < -0.4 is 10.6 Å². The van der Waals surface area contributed by atoms with Crippen LogP contribution in [0.5, 0.6) is 0 Å². The lowest BCUT2D eigenvalue weighted by Gasteiger charge is -2.22. The molecule has 3 N–H and O–H groups in total. The number of nitrogens with zero attached hydrogens (tertiary/aromatic N) is 1. The molecule has 0 aromatic heterocycles. The van der Waals surface area contributed by atoms with Crippen molar-refractivity contribution in [2.45, 2.75) is 18.7 Å². The third-order valence-electron chi connectivity index (χ3n) is 2.49. The van der Waals surface area contributed by atoms with Gasteiger partial charge in [0, 0.05) is 30.0 Å². The van der Waals surface area contributed by atoms with Gasteiger partial charge in [-0.15, -0.1) is 4.33 Å². The summed E-state index contributed by atoms with van der Waals surface area (Å²) in [6.07, 6.45) is 0. The summed E-state index contributed by atoms with van der Waals surface area (Å²) in [6, 6.07) is 5.01. The number of nitrogens with two attached hydrogens (primary N) is 1. The molecule has 0 spiro atoms. The fraction of sp³-hybridized carbons (Fsp3) is 0.400. The maximum Gasteiger partial charge on any atom is 0.204 e. The van der Waals surface area contributed by atoms with Crippen molar-refractivity contribution < 1.29 is 13.8 Å². The molecule has 5 nitrogen and oxygen atoms in total. The molecule has 1 unspecified atom stereocenters. The summed E-state index contributed by atoms with van der Waals surface area (Å²) in [5.74, 6) is 0. The van der Waals surface area contributed by atoms with Gasteiger partial charge < -0.3 is 10.6 Å². The molecule has 1 aromatic rings. The minimum absolute atomic E-state index is 0.138. The Bertz CT molecular complexity index is 484. The van der Waals surface area contributed by atoms with Crippen molar-refractivity contribution in [2.75, 3.05) is 23.7 Å². The molecule has 0 saturated carbocycles. The highest BCUT2D eigenvalue weighted by atomic mass is 32.8. The van der Waals surface area contributed by atoms with E-state index in [1.807, 2.05) is 24.8 Å². The van der Waals surface area contributed by atoms with E-state index in [1.165, 1.54) is 0 Å². The van der Waals surface area contributed by atoms with E-state index in [4.69, 9.17) is 11.0 Å². The summed E-state index contributed by atoms with van der Waals surface area (Å²) in [7, 11) is -3.36. The van der Waals surface area contributed by atoms with Gasteiger partial charge in [0.25, 0.3) is 0 Å². The molecule has 7 heteroatoms. The maximum atomic E-state index is 11.8. The molecular formula is C10H16N2O3S2. The summed E-state index contributed by atoms with van der Waals surface area (Å²) in [4.78, 5) is 2.19. The SMILES string of the molecule is CCN(CC)c1ccc(N)c(S(=O)(=S)OO)c1. The quantitative estimate of drug-likeness (QED) is 0.483. The molecule has 0 heterocycles. The van der Waals surface area contributed by atoms with Gasteiger partial charge in [-0.25, -0.2) is 9.47 Å². The zero-order chi connectivity index (χ0) is 13.1.